The number of nitrogens with zero attached hydrogens (tertiary/aromatic N) is 3. The van der Waals surface area contributed by atoms with Crippen LogP contribution >= 0.6 is 11.6 Å². The SMILES string of the molecule is CCc1nc2cc(Cl)ccn2c1C(=O)NCC(c1ccccc1)N1CCCC1. The van der Waals surface area contributed by atoms with Crippen LogP contribution in [0.5, 0.6) is 0 Å². The molecule has 2 aromatic heterocycles. The Morgan fingerprint density at radius 1 is 1.21 bits per heavy atom. The van der Waals surface area contributed by atoms with E-state index in [1.54, 1.807) is 12.1 Å². The average Bonchev–Trinajstić information content (AvgIpc) is 3.36. The van der Waals surface area contributed by atoms with Gasteiger partial charge in [0.15, 0.2) is 0 Å². The molecular weight excluding hydrogens is 372 g/mol. The number of aryl methyl sites for hydroxylation is 1. The van der Waals surface area contributed by atoms with Crippen molar-refractivity contribution in [2.24, 2.45) is 0 Å². The van der Waals surface area contributed by atoms with Gasteiger partial charge in [-0.2, -0.15) is 0 Å². The van der Waals surface area contributed by atoms with E-state index in [-0.39, 0.29) is 11.9 Å². The molecule has 4 rings (SSSR count). The Kier molecular flexibility index (Phi) is 5.64. The normalized spacial score (nSPS) is 15.8. The van der Waals surface area contributed by atoms with E-state index in [0.717, 1.165) is 18.8 Å². The number of carbonyl (C=O) groups is 1. The van der Waals surface area contributed by atoms with E-state index < -0.39 is 0 Å². The summed E-state index contributed by atoms with van der Waals surface area (Å²) in [4.78, 5) is 20.2. The van der Waals surface area contributed by atoms with Crippen molar-refractivity contribution >= 4 is 23.2 Å². The van der Waals surface area contributed by atoms with Crippen LogP contribution in [0, 0.1) is 0 Å². The second-order valence-electron chi connectivity index (χ2n) is 7.21. The summed E-state index contributed by atoms with van der Waals surface area (Å²) in [6.45, 7) is 4.73. The van der Waals surface area contributed by atoms with E-state index in [2.05, 4.69) is 39.5 Å². The monoisotopic (exact) mass is 396 g/mol. The summed E-state index contributed by atoms with van der Waals surface area (Å²) >= 11 is 6.09. The maximum atomic E-state index is 13.1. The van der Waals surface area contributed by atoms with Gasteiger partial charge >= 0.3 is 0 Å². The lowest BCUT2D eigenvalue weighted by Gasteiger charge is -2.28. The van der Waals surface area contributed by atoms with Gasteiger partial charge in [0.25, 0.3) is 5.91 Å². The van der Waals surface area contributed by atoms with Gasteiger partial charge in [-0.3, -0.25) is 14.1 Å². The lowest BCUT2D eigenvalue weighted by atomic mass is 10.1. The second kappa shape index (κ2) is 8.33. The summed E-state index contributed by atoms with van der Waals surface area (Å²) in [5.41, 5.74) is 3.33. The third-order valence-corrected chi connectivity index (χ3v) is 5.67. The molecule has 1 amide bonds. The fourth-order valence-corrected chi connectivity index (χ4v) is 4.17. The zero-order valence-corrected chi connectivity index (χ0v) is 16.8. The largest absolute Gasteiger partial charge is 0.349 e. The summed E-state index contributed by atoms with van der Waals surface area (Å²) in [6, 6.07) is 14.2. The van der Waals surface area contributed by atoms with Gasteiger partial charge in [0.2, 0.25) is 0 Å². The van der Waals surface area contributed by atoms with Gasteiger partial charge in [-0.05, 0) is 44.0 Å². The molecule has 0 aliphatic carbocycles. The molecular formula is C22H25ClN4O. The molecule has 1 N–H and O–H groups in total. The van der Waals surface area contributed by atoms with Crippen LogP contribution in [0.3, 0.4) is 0 Å². The van der Waals surface area contributed by atoms with Gasteiger partial charge in [0, 0.05) is 23.8 Å². The number of rotatable bonds is 6. The molecule has 1 aliphatic heterocycles. The van der Waals surface area contributed by atoms with E-state index in [9.17, 15) is 4.79 Å². The van der Waals surface area contributed by atoms with Crippen molar-refractivity contribution in [2.45, 2.75) is 32.2 Å². The average molecular weight is 397 g/mol. The number of imidazole rings is 1. The second-order valence-corrected chi connectivity index (χ2v) is 7.65. The number of hydrogen-bond donors (Lipinski definition) is 1. The van der Waals surface area contributed by atoms with Crippen molar-refractivity contribution < 1.29 is 4.79 Å². The molecule has 6 heteroatoms. The fourth-order valence-electron chi connectivity index (χ4n) is 4.01. The number of amides is 1. The van der Waals surface area contributed by atoms with Gasteiger partial charge < -0.3 is 5.32 Å². The third-order valence-electron chi connectivity index (χ3n) is 5.43. The minimum atomic E-state index is -0.0909. The molecule has 3 heterocycles. The molecule has 28 heavy (non-hydrogen) atoms. The molecule has 1 aliphatic rings. The van der Waals surface area contributed by atoms with Crippen molar-refractivity contribution in [3.8, 4) is 0 Å². The van der Waals surface area contributed by atoms with Crippen molar-refractivity contribution in [1.82, 2.24) is 19.6 Å². The quantitative estimate of drug-likeness (QED) is 0.681. The van der Waals surface area contributed by atoms with Crippen LogP contribution in [0.25, 0.3) is 5.65 Å². The van der Waals surface area contributed by atoms with Crippen LogP contribution in [-0.4, -0.2) is 39.8 Å². The first-order valence-electron chi connectivity index (χ1n) is 9.91. The molecule has 146 valence electrons. The summed E-state index contributed by atoms with van der Waals surface area (Å²) in [5.74, 6) is -0.0909. The Balaban J connectivity index is 1.58. The highest BCUT2D eigenvalue weighted by Crippen LogP contribution is 2.25. The Bertz CT molecular complexity index is 963. The molecule has 0 radical (unpaired) electrons. The van der Waals surface area contributed by atoms with Crippen LogP contribution < -0.4 is 5.32 Å². The highest BCUT2D eigenvalue weighted by atomic mass is 35.5. The van der Waals surface area contributed by atoms with Crippen molar-refractivity contribution in [2.75, 3.05) is 19.6 Å². The highest BCUT2D eigenvalue weighted by Gasteiger charge is 2.25. The first-order valence-corrected chi connectivity index (χ1v) is 10.3. The number of benzene rings is 1. The van der Waals surface area contributed by atoms with E-state index in [1.807, 2.05) is 23.6 Å². The van der Waals surface area contributed by atoms with Crippen LogP contribution in [0.2, 0.25) is 5.02 Å². The van der Waals surface area contributed by atoms with Crippen molar-refractivity contribution in [3.63, 3.8) is 0 Å². The fraction of sp³-hybridized carbons (Fsp3) is 0.364. The molecule has 1 fully saturated rings. The van der Waals surface area contributed by atoms with Crippen molar-refractivity contribution in [1.29, 1.82) is 0 Å². The van der Waals surface area contributed by atoms with Gasteiger partial charge in [0.1, 0.15) is 11.3 Å². The first-order chi connectivity index (χ1) is 13.7. The lowest BCUT2D eigenvalue weighted by molar-refractivity contribution is 0.0931. The number of halogens is 1. The summed E-state index contributed by atoms with van der Waals surface area (Å²) in [5, 5.41) is 3.78. The number of carbonyl (C=O) groups excluding carboxylic acids is 1. The summed E-state index contributed by atoms with van der Waals surface area (Å²) in [6.07, 6.45) is 4.93. The van der Waals surface area contributed by atoms with Gasteiger partial charge in [-0.1, -0.05) is 48.9 Å². The predicted molar refractivity (Wildman–Crippen MR) is 112 cm³/mol. The number of fused-ring (bicyclic) bond motifs is 1. The molecule has 3 aromatic rings. The Morgan fingerprint density at radius 2 is 1.96 bits per heavy atom. The number of pyridine rings is 1. The molecule has 0 bridgehead atoms. The molecule has 1 atom stereocenters. The smallest absolute Gasteiger partial charge is 0.270 e. The maximum absolute atomic E-state index is 13.1. The lowest BCUT2D eigenvalue weighted by Crippen LogP contribution is -2.37. The predicted octanol–water partition coefficient (Wildman–Crippen LogP) is 4.12. The summed E-state index contributed by atoms with van der Waals surface area (Å²) in [7, 11) is 0. The first kappa shape index (κ1) is 19.0. The molecule has 0 spiro atoms. The number of likely N-dealkylation sites (tertiary alicyclic amines) is 1. The van der Waals surface area contributed by atoms with Crippen LogP contribution in [0.4, 0.5) is 0 Å². The van der Waals surface area contributed by atoms with Gasteiger partial charge in [-0.25, -0.2) is 4.98 Å². The molecule has 1 saturated heterocycles. The third kappa shape index (κ3) is 3.77. The van der Waals surface area contributed by atoms with E-state index in [1.165, 1.54) is 18.4 Å². The Hall–Kier alpha value is -2.37. The molecule has 0 saturated carbocycles. The zero-order chi connectivity index (χ0) is 19.5. The highest BCUT2D eigenvalue weighted by molar-refractivity contribution is 6.30. The van der Waals surface area contributed by atoms with E-state index >= 15 is 0 Å². The van der Waals surface area contributed by atoms with Crippen molar-refractivity contribution in [3.05, 3.63) is 70.6 Å². The molecule has 1 aromatic carbocycles. The van der Waals surface area contributed by atoms with Crippen LogP contribution in [-0.2, 0) is 6.42 Å². The van der Waals surface area contributed by atoms with Crippen LogP contribution in [0.15, 0.2) is 48.7 Å². The molecule has 1 unspecified atom stereocenters. The van der Waals surface area contributed by atoms with Gasteiger partial charge in [-0.15, -0.1) is 0 Å². The maximum Gasteiger partial charge on any atom is 0.270 e. The topological polar surface area (TPSA) is 49.6 Å². The minimum Gasteiger partial charge on any atom is -0.349 e. The van der Waals surface area contributed by atoms with E-state index in [0.29, 0.717) is 29.3 Å². The number of aromatic nitrogens is 2. The minimum absolute atomic E-state index is 0.0909. The van der Waals surface area contributed by atoms with Crippen LogP contribution in [0.1, 0.15) is 47.6 Å². The summed E-state index contributed by atoms with van der Waals surface area (Å²) < 4.78 is 1.83. The van der Waals surface area contributed by atoms with Gasteiger partial charge in [0.05, 0.1) is 11.7 Å². The Labute approximate surface area is 170 Å². The number of hydrogen-bond acceptors (Lipinski definition) is 3. The van der Waals surface area contributed by atoms with E-state index in [4.69, 9.17) is 11.6 Å². The molecule has 5 nitrogen and oxygen atoms in total. The Morgan fingerprint density at radius 3 is 2.68 bits per heavy atom. The standard InChI is InChI=1S/C22H25ClN4O/c1-2-18-21(27-13-10-17(23)14-20(27)25-18)22(28)24-15-19(26-11-6-7-12-26)16-8-4-3-5-9-16/h3-5,8-10,13-14,19H,2,6-7,11-12,15H2,1H3,(H,24,28). The number of nitrogens with one attached hydrogen (secondary N) is 1. The zero-order valence-electron chi connectivity index (χ0n) is 16.1.